The molecule has 2 N–H and O–H groups in total. The molecule has 1 fully saturated rings. The molecule has 2 rings (SSSR count). The minimum Gasteiger partial charge on any atom is -0.494 e. The molecule has 142 valence electrons. The third-order valence-electron chi connectivity index (χ3n) is 4.45. The molecule has 1 aliphatic rings. The van der Waals surface area contributed by atoms with Gasteiger partial charge in [0.15, 0.2) is 5.96 Å². The van der Waals surface area contributed by atoms with Crippen LogP contribution >= 0.6 is 24.0 Å². The minimum absolute atomic E-state index is 0. The molecule has 0 atom stereocenters. The molecule has 0 radical (unpaired) electrons. The highest BCUT2D eigenvalue weighted by Gasteiger charge is 2.21. The molecule has 0 spiro atoms. The largest absolute Gasteiger partial charge is 0.494 e. The molecule has 0 amide bonds. The van der Waals surface area contributed by atoms with E-state index in [1.807, 2.05) is 37.4 Å². The Balaban J connectivity index is 0.00000312. The maximum absolute atomic E-state index is 5.70. The summed E-state index contributed by atoms with van der Waals surface area (Å²) in [4.78, 5) is 6.87. The smallest absolute Gasteiger partial charge is 0.191 e. The number of halogens is 1. The summed E-state index contributed by atoms with van der Waals surface area (Å²) in [7, 11) is 1.83. The lowest BCUT2D eigenvalue weighted by Gasteiger charge is -2.35. The number of hydrogen-bond acceptors (Lipinski definition) is 3. The molecule has 25 heavy (non-hydrogen) atoms. The maximum atomic E-state index is 5.70. The highest BCUT2D eigenvalue weighted by Crippen LogP contribution is 2.12. The third kappa shape index (κ3) is 8.27. The van der Waals surface area contributed by atoms with Gasteiger partial charge in [0.25, 0.3) is 0 Å². The van der Waals surface area contributed by atoms with E-state index in [1.54, 1.807) is 0 Å². The van der Waals surface area contributed by atoms with Crippen molar-refractivity contribution in [2.24, 2.45) is 4.99 Å². The van der Waals surface area contributed by atoms with Gasteiger partial charge in [0.1, 0.15) is 5.75 Å². The summed E-state index contributed by atoms with van der Waals surface area (Å²) in [6, 6.07) is 11.1. The maximum Gasteiger partial charge on any atom is 0.191 e. The molecule has 5 nitrogen and oxygen atoms in total. The summed E-state index contributed by atoms with van der Waals surface area (Å²) in [5.74, 6) is 1.83. The topological polar surface area (TPSA) is 48.9 Å². The van der Waals surface area contributed by atoms with Gasteiger partial charge >= 0.3 is 0 Å². The number of para-hydroxylation sites is 1. The van der Waals surface area contributed by atoms with Gasteiger partial charge in [0.05, 0.1) is 6.61 Å². The van der Waals surface area contributed by atoms with Gasteiger partial charge in [-0.05, 0) is 45.2 Å². The molecule has 0 saturated carbocycles. The number of hydrogen-bond donors (Lipinski definition) is 2. The second-order valence-electron chi connectivity index (χ2n) is 6.56. The number of piperidine rings is 1. The van der Waals surface area contributed by atoms with Gasteiger partial charge in [-0.2, -0.15) is 0 Å². The molecular formula is C19H33IN4O. The zero-order chi connectivity index (χ0) is 17.2. The van der Waals surface area contributed by atoms with E-state index in [4.69, 9.17) is 4.74 Å². The fourth-order valence-corrected chi connectivity index (χ4v) is 2.93. The predicted molar refractivity (Wildman–Crippen MR) is 116 cm³/mol. The van der Waals surface area contributed by atoms with Crippen LogP contribution in [-0.2, 0) is 0 Å². The number of nitrogens with one attached hydrogen (secondary N) is 2. The lowest BCUT2D eigenvalue weighted by molar-refractivity contribution is 0.167. The number of nitrogens with zero attached hydrogens (tertiary/aromatic N) is 2. The van der Waals surface area contributed by atoms with Crippen LogP contribution in [0.2, 0.25) is 0 Å². The van der Waals surface area contributed by atoms with Crippen molar-refractivity contribution in [3.8, 4) is 5.75 Å². The molecule has 0 unspecified atom stereocenters. The second-order valence-corrected chi connectivity index (χ2v) is 6.56. The molecule has 1 aliphatic heterocycles. The number of guanidine groups is 1. The molecular weight excluding hydrogens is 427 g/mol. The average Bonchev–Trinajstić information content (AvgIpc) is 2.61. The molecule has 0 bridgehead atoms. The molecule has 1 aromatic rings. The van der Waals surface area contributed by atoms with Gasteiger partial charge in [0, 0.05) is 38.8 Å². The fourth-order valence-electron chi connectivity index (χ4n) is 2.93. The van der Waals surface area contributed by atoms with Crippen LogP contribution in [0.15, 0.2) is 35.3 Å². The van der Waals surface area contributed by atoms with Crippen molar-refractivity contribution in [2.45, 2.75) is 45.2 Å². The summed E-state index contributed by atoms with van der Waals surface area (Å²) in [6.45, 7) is 8.43. The second kappa shape index (κ2) is 12.4. The van der Waals surface area contributed by atoms with Gasteiger partial charge in [-0.25, -0.2) is 0 Å². The van der Waals surface area contributed by atoms with Gasteiger partial charge in [0.2, 0.25) is 0 Å². The first-order chi connectivity index (χ1) is 11.7. The third-order valence-corrected chi connectivity index (χ3v) is 4.45. The standard InChI is InChI=1S/C19H32N4O.HI/c1-16(2)23-13-10-17(11-14-23)22-19(20-3)21-12-7-15-24-18-8-5-4-6-9-18;/h4-6,8-9,16-17H,7,10-15H2,1-3H3,(H2,20,21,22);1H. The minimum atomic E-state index is 0. The van der Waals surface area contributed by atoms with Crippen molar-refractivity contribution in [3.05, 3.63) is 30.3 Å². The van der Waals surface area contributed by atoms with Crippen molar-refractivity contribution >= 4 is 29.9 Å². The van der Waals surface area contributed by atoms with Gasteiger partial charge < -0.3 is 20.3 Å². The highest BCUT2D eigenvalue weighted by molar-refractivity contribution is 14.0. The molecule has 6 heteroatoms. The van der Waals surface area contributed by atoms with Crippen molar-refractivity contribution in [3.63, 3.8) is 0 Å². The van der Waals surface area contributed by atoms with E-state index in [-0.39, 0.29) is 24.0 Å². The van der Waals surface area contributed by atoms with Crippen molar-refractivity contribution in [1.82, 2.24) is 15.5 Å². The van der Waals surface area contributed by atoms with Gasteiger partial charge in [-0.15, -0.1) is 24.0 Å². The van der Waals surface area contributed by atoms with Gasteiger partial charge in [-0.3, -0.25) is 4.99 Å². The van der Waals surface area contributed by atoms with Crippen molar-refractivity contribution < 1.29 is 4.74 Å². The first-order valence-corrected chi connectivity index (χ1v) is 9.08. The molecule has 1 heterocycles. The number of aliphatic imine (C=N–C) groups is 1. The SMILES string of the molecule is CN=C(NCCCOc1ccccc1)NC1CCN(C(C)C)CC1.I. The van der Waals surface area contributed by atoms with E-state index in [9.17, 15) is 0 Å². The molecule has 0 aliphatic carbocycles. The quantitative estimate of drug-likeness (QED) is 0.284. The van der Waals surface area contributed by atoms with Crippen molar-refractivity contribution in [2.75, 3.05) is 33.3 Å². The van der Waals surface area contributed by atoms with Crippen LogP contribution in [0.3, 0.4) is 0 Å². The van der Waals surface area contributed by atoms with Crippen LogP contribution in [0.4, 0.5) is 0 Å². The van der Waals surface area contributed by atoms with Crippen LogP contribution in [-0.4, -0.2) is 56.2 Å². The van der Waals surface area contributed by atoms with E-state index in [0.29, 0.717) is 18.7 Å². The first kappa shape index (κ1) is 22.0. The summed E-state index contributed by atoms with van der Waals surface area (Å²) in [6.07, 6.45) is 3.30. The normalized spacial score (nSPS) is 16.4. The zero-order valence-corrected chi connectivity index (χ0v) is 18.0. The Morgan fingerprint density at radius 3 is 2.52 bits per heavy atom. The van der Waals surface area contributed by atoms with Crippen LogP contribution in [0.5, 0.6) is 5.75 Å². The zero-order valence-electron chi connectivity index (χ0n) is 15.7. The Hall–Kier alpha value is -1.02. The number of likely N-dealkylation sites (tertiary alicyclic amines) is 1. The lowest BCUT2D eigenvalue weighted by atomic mass is 10.0. The van der Waals surface area contributed by atoms with Crippen LogP contribution in [0.25, 0.3) is 0 Å². The summed E-state index contributed by atoms with van der Waals surface area (Å²) >= 11 is 0. The lowest BCUT2D eigenvalue weighted by Crippen LogP contribution is -2.50. The van der Waals surface area contributed by atoms with Crippen LogP contribution in [0.1, 0.15) is 33.1 Å². The average molecular weight is 460 g/mol. The molecule has 1 saturated heterocycles. The monoisotopic (exact) mass is 460 g/mol. The Kier molecular flexibility index (Phi) is 10.9. The highest BCUT2D eigenvalue weighted by atomic mass is 127. The number of rotatable bonds is 7. The molecule has 0 aromatic heterocycles. The van der Waals surface area contributed by atoms with E-state index in [2.05, 4.69) is 34.4 Å². The summed E-state index contributed by atoms with van der Waals surface area (Å²) < 4.78 is 5.70. The van der Waals surface area contributed by atoms with E-state index in [1.165, 1.54) is 12.8 Å². The Bertz CT molecular complexity index is 487. The molecule has 1 aromatic carbocycles. The number of benzene rings is 1. The van der Waals surface area contributed by atoms with Crippen LogP contribution in [0, 0.1) is 0 Å². The Morgan fingerprint density at radius 1 is 1.24 bits per heavy atom. The Labute approximate surface area is 169 Å². The van der Waals surface area contributed by atoms with Crippen molar-refractivity contribution in [1.29, 1.82) is 0 Å². The number of ether oxygens (including phenoxy) is 1. The van der Waals surface area contributed by atoms with Crippen LogP contribution < -0.4 is 15.4 Å². The summed E-state index contributed by atoms with van der Waals surface area (Å²) in [5, 5.41) is 6.93. The van der Waals surface area contributed by atoms with E-state index in [0.717, 1.165) is 37.8 Å². The van der Waals surface area contributed by atoms with E-state index < -0.39 is 0 Å². The predicted octanol–water partition coefficient (Wildman–Crippen LogP) is 3.11. The van der Waals surface area contributed by atoms with Gasteiger partial charge in [-0.1, -0.05) is 18.2 Å². The first-order valence-electron chi connectivity index (χ1n) is 9.08. The fraction of sp³-hybridized carbons (Fsp3) is 0.632. The van der Waals surface area contributed by atoms with E-state index >= 15 is 0 Å². The summed E-state index contributed by atoms with van der Waals surface area (Å²) in [5.41, 5.74) is 0. The Morgan fingerprint density at radius 2 is 1.92 bits per heavy atom.